The van der Waals surface area contributed by atoms with Gasteiger partial charge in [-0.1, -0.05) is 30.3 Å². The summed E-state index contributed by atoms with van der Waals surface area (Å²) in [4.78, 5) is 4.40. The molecule has 6 nitrogen and oxygen atoms in total. The number of aromatic nitrogens is 2. The van der Waals surface area contributed by atoms with Crippen molar-refractivity contribution in [3.8, 4) is 11.9 Å². The molecule has 0 fully saturated rings. The Morgan fingerprint density at radius 1 is 1.23 bits per heavy atom. The number of benzene rings is 2. The van der Waals surface area contributed by atoms with Crippen LogP contribution in [0.4, 0.5) is 5.69 Å². The fourth-order valence-corrected chi connectivity index (χ4v) is 2.14. The molecule has 0 bridgehead atoms. The summed E-state index contributed by atoms with van der Waals surface area (Å²) in [5, 5.41) is 16.5. The van der Waals surface area contributed by atoms with Crippen LogP contribution >= 0.6 is 0 Å². The lowest BCUT2D eigenvalue weighted by Gasteiger charge is -2.07. The summed E-state index contributed by atoms with van der Waals surface area (Å²) in [5.41, 5.74) is 1.54. The highest BCUT2D eigenvalue weighted by Crippen LogP contribution is 2.25. The van der Waals surface area contributed by atoms with E-state index in [1.165, 1.54) is 0 Å². The zero-order valence-electron chi connectivity index (χ0n) is 11.9. The van der Waals surface area contributed by atoms with E-state index in [1.54, 1.807) is 23.0 Å². The molecule has 0 saturated heterocycles. The van der Waals surface area contributed by atoms with Crippen LogP contribution in [0, 0.1) is 11.5 Å². The van der Waals surface area contributed by atoms with E-state index in [9.17, 15) is 0 Å². The highest BCUT2D eigenvalue weighted by atomic mass is 16.5. The van der Waals surface area contributed by atoms with Gasteiger partial charge >= 0.3 is 6.02 Å². The number of hydrogen-bond acceptors (Lipinski definition) is 4. The second kappa shape index (κ2) is 5.97. The number of amidine groups is 1. The third kappa shape index (κ3) is 2.74. The number of aliphatic imine (C=N–C) groups is 1. The molecule has 0 aliphatic carbocycles. The van der Waals surface area contributed by atoms with Gasteiger partial charge in [0.25, 0.3) is 0 Å². The minimum absolute atomic E-state index is 0.113. The zero-order valence-corrected chi connectivity index (χ0v) is 11.9. The van der Waals surface area contributed by atoms with Crippen LogP contribution in [0.15, 0.2) is 59.7 Å². The Morgan fingerprint density at radius 2 is 2.05 bits per heavy atom. The van der Waals surface area contributed by atoms with Gasteiger partial charge in [0.1, 0.15) is 5.75 Å². The van der Waals surface area contributed by atoms with Gasteiger partial charge in [-0.2, -0.15) is 15.4 Å². The van der Waals surface area contributed by atoms with E-state index < -0.39 is 0 Å². The molecule has 3 aromatic rings. The van der Waals surface area contributed by atoms with Gasteiger partial charge < -0.3 is 4.74 Å². The third-order valence-corrected chi connectivity index (χ3v) is 3.08. The van der Waals surface area contributed by atoms with E-state index in [0.29, 0.717) is 11.4 Å². The normalized spacial score (nSPS) is 11.2. The second-order valence-electron chi connectivity index (χ2n) is 4.55. The molecule has 1 heterocycles. The molecule has 1 N–H and O–H groups in total. The average Bonchev–Trinajstić information content (AvgIpc) is 2.91. The van der Waals surface area contributed by atoms with Crippen LogP contribution in [0.3, 0.4) is 0 Å². The molecule has 0 amide bonds. The van der Waals surface area contributed by atoms with Crippen LogP contribution in [0.2, 0.25) is 0 Å². The number of nitrogens with one attached hydrogen (secondary N) is 1. The van der Waals surface area contributed by atoms with Crippen molar-refractivity contribution < 1.29 is 4.74 Å². The molecule has 1 aromatic heterocycles. The molecule has 22 heavy (non-hydrogen) atoms. The summed E-state index contributed by atoms with van der Waals surface area (Å²) in [6.07, 6.45) is 3.60. The van der Waals surface area contributed by atoms with Crippen molar-refractivity contribution in [1.82, 2.24) is 15.1 Å². The SMILES string of the molecule is Cn1ncc2cccc(N=C(NC#N)Oc3ccccc3)c21. The molecular weight excluding hydrogens is 278 g/mol. The summed E-state index contributed by atoms with van der Waals surface area (Å²) in [7, 11) is 1.84. The zero-order chi connectivity index (χ0) is 15.4. The standard InChI is InChI=1S/C16H13N5O/c1-21-15-12(10-19-21)6-5-9-14(15)20-16(18-11-17)22-13-7-3-2-4-8-13/h2-10H,1H3,(H,18,20). The van der Waals surface area contributed by atoms with Crippen LogP contribution in [-0.4, -0.2) is 15.8 Å². The van der Waals surface area contributed by atoms with E-state index >= 15 is 0 Å². The molecule has 0 saturated carbocycles. The van der Waals surface area contributed by atoms with Gasteiger partial charge in [0, 0.05) is 12.4 Å². The van der Waals surface area contributed by atoms with Gasteiger partial charge in [-0.05, 0) is 18.2 Å². The highest BCUT2D eigenvalue weighted by molar-refractivity contribution is 5.92. The van der Waals surface area contributed by atoms with Gasteiger partial charge in [-0.3, -0.25) is 4.68 Å². The van der Waals surface area contributed by atoms with Crippen LogP contribution in [0.25, 0.3) is 10.9 Å². The minimum Gasteiger partial charge on any atom is -0.425 e. The Balaban J connectivity index is 2.01. The molecule has 3 rings (SSSR count). The molecule has 0 radical (unpaired) electrons. The molecule has 0 aliphatic heterocycles. The number of ether oxygens (including phenoxy) is 1. The van der Waals surface area contributed by atoms with E-state index in [2.05, 4.69) is 15.4 Å². The van der Waals surface area contributed by atoms with Crippen molar-refractivity contribution in [2.75, 3.05) is 0 Å². The molecular formula is C16H13N5O. The van der Waals surface area contributed by atoms with Crippen molar-refractivity contribution >= 4 is 22.6 Å². The monoisotopic (exact) mass is 291 g/mol. The van der Waals surface area contributed by atoms with Gasteiger partial charge in [0.05, 0.1) is 17.4 Å². The van der Waals surface area contributed by atoms with E-state index in [1.807, 2.05) is 49.6 Å². The van der Waals surface area contributed by atoms with Crippen LogP contribution < -0.4 is 10.1 Å². The number of nitriles is 1. The summed E-state index contributed by atoms with van der Waals surface area (Å²) in [5.74, 6) is 0.598. The maximum Gasteiger partial charge on any atom is 0.309 e. The van der Waals surface area contributed by atoms with Crippen LogP contribution in [0.5, 0.6) is 5.75 Å². The van der Waals surface area contributed by atoms with Crippen molar-refractivity contribution in [2.45, 2.75) is 0 Å². The van der Waals surface area contributed by atoms with E-state index in [-0.39, 0.29) is 6.02 Å². The minimum atomic E-state index is 0.113. The maximum absolute atomic E-state index is 8.88. The number of nitrogens with zero attached hydrogens (tertiary/aromatic N) is 4. The maximum atomic E-state index is 8.88. The summed E-state index contributed by atoms with van der Waals surface area (Å²) >= 11 is 0. The fourth-order valence-electron chi connectivity index (χ4n) is 2.14. The quantitative estimate of drug-likeness (QED) is 0.341. The largest absolute Gasteiger partial charge is 0.425 e. The molecule has 0 unspecified atom stereocenters. The van der Waals surface area contributed by atoms with Gasteiger partial charge in [-0.15, -0.1) is 0 Å². The van der Waals surface area contributed by atoms with E-state index in [0.717, 1.165) is 10.9 Å². The highest BCUT2D eigenvalue weighted by Gasteiger charge is 2.08. The predicted molar refractivity (Wildman–Crippen MR) is 83.6 cm³/mol. The first-order valence-corrected chi connectivity index (χ1v) is 6.65. The fraction of sp³-hybridized carbons (Fsp3) is 0.0625. The lowest BCUT2D eigenvalue weighted by atomic mass is 10.2. The van der Waals surface area contributed by atoms with Crippen molar-refractivity contribution in [3.63, 3.8) is 0 Å². The van der Waals surface area contributed by atoms with Gasteiger partial charge in [0.15, 0.2) is 6.19 Å². The Hall–Kier alpha value is -3.33. The Bertz CT molecular complexity index is 861. The van der Waals surface area contributed by atoms with Crippen molar-refractivity contribution in [1.29, 1.82) is 5.26 Å². The van der Waals surface area contributed by atoms with Crippen LogP contribution in [-0.2, 0) is 7.05 Å². The first-order valence-electron chi connectivity index (χ1n) is 6.65. The Kier molecular flexibility index (Phi) is 3.70. The Labute approximate surface area is 127 Å². The average molecular weight is 291 g/mol. The lowest BCUT2D eigenvalue weighted by molar-refractivity contribution is 0.531. The number of fused-ring (bicyclic) bond motifs is 1. The van der Waals surface area contributed by atoms with Gasteiger partial charge in [0.2, 0.25) is 0 Å². The molecule has 0 aliphatic rings. The number of rotatable bonds is 2. The first-order chi connectivity index (χ1) is 10.8. The number of para-hydroxylation sites is 2. The predicted octanol–water partition coefficient (Wildman–Crippen LogP) is 2.71. The van der Waals surface area contributed by atoms with Crippen molar-refractivity contribution in [2.24, 2.45) is 12.0 Å². The van der Waals surface area contributed by atoms with Crippen LogP contribution in [0.1, 0.15) is 0 Å². The van der Waals surface area contributed by atoms with Crippen molar-refractivity contribution in [3.05, 3.63) is 54.7 Å². The van der Waals surface area contributed by atoms with E-state index in [4.69, 9.17) is 10.00 Å². The number of aryl methyl sites for hydroxylation is 1. The Morgan fingerprint density at radius 3 is 2.82 bits per heavy atom. The smallest absolute Gasteiger partial charge is 0.309 e. The first kappa shape index (κ1) is 13.6. The third-order valence-electron chi connectivity index (χ3n) is 3.08. The molecule has 0 atom stereocenters. The van der Waals surface area contributed by atoms with Gasteiger partial charge in [-0.25, -0.2) is 5.32 Å². The lowest BCUT2D eigenvalue weighted by Crippen LogP contribution is -2.24. The molecule has 108 valence electrons. The summed E-state index contributed by atoms with van der Waals surface area (Å²) in [6, 6.07) is 15.0. The molecule has 0 spiro atoms. The summed E-state index contributed by atoms with van der Waals surface area (Å²) < 4.78 is 7.35. The molecule has 6 heteroatoms. The number of hydrogen-bond donors (Lipinski definition) is 1. The topological polar surface area (TPSA) is 75.2 Å². The summed E-state index contributed by atoms with van der Waals surface area (Å²) in [6.45, 7) is 0. The second-order valence-corrected chi connectivity index (χ2v) is 4.55. The molecule has 2 aromatic carbocycles.